The smallest absolute Gasteiger partial charge is 0.225 e. The van der Waals surface area contributed by atoms with E-state index in [1.54, 1.807) is 70.4 Å². The lowest BCUT2D eigenvalue weighted by molar-refractivity contribution is -0.135. The van der Waals surface area contributed by atoms with Gasteiger partial charge in [0.25, 0.3) is 0 Å². The summed E-state index contributed by atoms with van der Waals surface area (Å²) in [5, 5.41) is 11.2. The molecule has 370 valence electrons. The van der Waals surface area contributed by atoms with Gasteiger partial charge in [0.1, 0.15) is 0 Å². The highest BCUT2D eigenvalue weighted by atomic mass is 16.5. The summed E-state index contributed by atoms with van der Waals surface area (Å²) in [6, 6.07) is 10.3. The SMILES string of the molecule is [2H]C([2H])([2H])Oc1ccc(C(O)C(C/C=C/C[C@H](C(=O)N(C)C)C(C)C)C(C)C)cc1OCCCOC.[2H]C([2H])([2H])Oc1ccc(CC(C/C=C/C[C@H](C(=O)N(C)C)C(C)C)C(C)C)cc1OCCCOC. The molecular formula is C54H90N2O9. The van der Waals surface area contributed by atoms with Crippen LogP contribution in [0.1, 0.15) is 119 Å². The van der Waals surface area contributed by atoms with Gasteiger partial charge in [0, 0.05) is 80.3 Å². The summed E-state index contributed by atoms with van der Waals surface area (Å²) in [6.07, 6.45) is 12.7. The number of benzene rings is 2. The number of amides is 2. The Morgan fingerprint density at radius 3 is 1.49 bits per heavy atom. The van der Waals surface area contributed by atoms with Crippen molar-refractivity contribution in [2.24, 2.45) is 47.3 Å². The van der Waals surface area contributed by atoms with Gasteiger partial charge in [-0.1, -0.05) is 91.8 Å². The monoisotopic (exact) mass is 917 g/mol. The van der Waals surface area contributed by atoms with Crippen LogP contribution in [0.4, 0.5) is 0 Å². The molecule has 0 radical (unpaired) electrons. The van der Waals surface area contributed by atoms with Gasteiger partial charge >= 0.3 is 0 Å². The largest absolute Gasteiger partial charge is 0.493 e. The number of carbonyl (C=O) groups is 2. The molecule has 0 heterocycles. The number of aliphatic hydroxyl groups is 1. The molecule has 2 rings (SSSR count). The average Bonchev–Trinajstić information content (AvgIpc) is 3.26. The van der Waals surface area contributed by atoms with E-state index in [0.717, 1.165) is 24.8 Å². The van der Waals surface area contributed by atoms with Crippen LogP contribution in [0.2, 0.25) is 0 Å². The van der Waals surface area contributed by atoms with Gasteiger partial charge in [-0.25, -0.2) is 0 Å². The van der Waals surface area contributed by atoms with Crippen molar-refractivity contribution in [1.29, 1.82) is 0 Å². The third kappa shape index (κ3) is 21.9. The van der Waals surface area contributed by atoms with Crippen molar-refractivity contribution in [3.63, 3.8) is 0 Å². The number of aliphatic hydroxyl groups excluding tert-OH is 1. The third-order valence-corrected chi connectivity index (χ3v) is 11.8. The minimum absolute atomic E-state index is 0.0117. The molecule has 5 atom stereocenters. The molecule has 1 N–H and O–H groups in total. The van der Waals surface area contributed by atoms with Gasteiger partial charge in [-0.15, -0.1) is 0 Å². The van der Waals surface area contributed by atoms with Gasteiger partial charge < -0.3 is 43.3 Å². The number of methoxy groups -OCH3 is 4. The number of nitrogens with zero attached hydrogens (tertiary/aromatic N) is 2. The molecule has 0 aromatic heterocycles. The Bertz CT molecular complexity index is 1880. The van der Waals surface area contributed by atoms with Gasteiger partial charge in [-0.05, 0) is 103 Å². The van der Waals surface area contributed by atoms with E-state index in [1.807, 2.05) is 24.3 Å². The lowest BCUT2D eigenvalue weighted by Crippen LogP contribution is -2.32. The van der Waals surface area contributed by atoms with Crippen LogP contribution < -0.4 is 18.9 Å². The zero-order valence-electron chi connectivity index (χ0n) is 48.4. The summed E-state index contributed by atoms with van der Waals surface area (Å²) < 4.78 is 76.6. The van der Waals surface area contributed by atoms with E-state index >= 15 is 0 Å². The fraction of sp³-hybridized carbons (Fsp3) is 0.667. The van der Waals surface area contributed by atoms with Crippen LogP contribution in [0, 0.1) is 47.3 Å². The van der Waals surface area contributed by atoms with E-state index in [-0.39, 0.29) is 64.6 Å². The first-order valence-corrected chi connectivity index (χ1v) is 23.4. The Hall–Kier alpha value is -4.06. The molecule has 3 unspecified atom stereocenters. The van der Waals surface area contributed by atoms with Crippen molar-refractivity contribution >= 4 is 11.8 Å². The second kappa shape index (κ2) is 32.6. The minimum atomic E-state index is -2.61. The Balaban J connectivity index is 0.000000710. The van der Waals surface area contributed by atoms with Crippen LogP contribution >= 0.6 is 0 Å². The summed E-state index contributed by atoms with van der Waals surface area (Å²) in [4.78, 5) is 28.2. The Morgan fingerprint density at radius 1 is 0.600 bits per heavy atom. The van der Waals surface area contributed by atoms with Gasteiger partial charge in [-0.3, -0.25) is 9.59 Å². The maximum Gasteiger partial charge on any atom is 0.225 e. The number of allylic oxidation sites excluding steroid dienone is 4. The normalized spacial score (nSPS) is 15.8. The highest BCUT2D eigenvalue weighted by Gasteiger charge is 2.26. The third-order valence-electron chi connectivity index (χ3n) is 11.8. The van der Waals surface area contributed by atoms with Gasteiger partial charge in [-0.2, -0.15) is 0 Å². The molecule has 0 saturated heterocycles. The molecule has 11 heteroatoms. The highest BCUT2D eigenvalue weighted by Crippen LogP contribution is 2.37. The molecule has 11 nitrogen and oxygen atoms in total. The molecule has 0 saturated carbocycles. The molecule has 0 aliphatic heterocycles. The summed E-state index contributed by atoms with van der Waals surface area (Å²) in [5.74, 6) is 2.69. The number of ether oxygens (including phenoxy) is 6. The molecule has 0 aliphatic carbocycles. The number of carbonyl (C=O) groups excluding carboxylic acids is 2. The molecule has 0 spiro atoms. The predicted octanol–water partition coefficient (Wildman–Crippen LogP) is 10.7. The van der Waals surface area contributed by atoms with Crippen LogP contribution in [0.15, 0.2) is 60.7 Å². The van der Waals surface area contributed by atoms with Crippen molar-refractivity contribution in [1.82, 2.24) is 9.80 Å². The van der Waals surface area contributed by atoms with Crippen molar-refractivity contribution in [3.05, 3.63) is 71.8 Å². The number of hydrogen-bond acceptors (Lipinski definition) is 9. The molecule has 2 amide bonds. The maximum atomic E-state index is 12.5. The highest BCUT2D eigenvalue weighted by molar-refractivity contribution is 5.79. The Kier molecular flexibility index (Phi) is 24.5. The fourth-order valence-electron chi connectivity index (χ4n) is 7.45. The van der Waals surface area contributed by atoms with Crippen LogP contribution in [-0.2, 0) is 25.5 Å². The van der Waals surface area contributed by atoms with E-state index in [1.165, 1.54) is 6.07 Å². The van der Waals surface area contributed by atoms with E-state index in [4.69, 9.17) is 36.6 Å². The standard InChI is InChI=1S/C27H45NO5.C27H45NO4/c1-19(2)22(12-9-10-13-23(20(3)4)27(30)28(5)6)26(29)21-14-15-24(32-8)25(18-21)33-17-11-16-31-7;1-20(2)23(12-9-10-13-24(21(3)4)27(29)28(5)6)18-22-14-15-25(31-8)26(19-22)32-17-11-16-30-7/h9-10,14-15,18-20,22-23,26,29H,11-13,16-17H2,1-8H3;9-10,14-15,19-21,23-24H,11-13,16-18H2,1-8H3/b2*10-9+/t22?,23-,26?;23?,24-/m00/s1/i2*8D3. The first kappa shape index (κ1) is 48.9. The molecule has 2 aromatic rings. The van der Waals surface area contributed by atoms with E-state index < -0.39 is 20.2 Å². The van der Waals surface area contributed by atoms with E-state index in [9.17, 15) is 14.7 Å². The van der Waals surface area contributed by atoms with Gasteiger partial charge in [0.05, 0.1) is 41.6 Å². The first-order chi connectivity index (χ1) is 33.1. The lowest BCUT2D eigenvalue weighted by atomic mass is 9.83. The Labute approximate surface area is 403 Å². The molecule has 0 aliphatic rings. The van der Waals surface area contributed by atoms with Crippen molar-refractivity contribution in [2.45, 2.75) is 106 Å². The Morgan fingerprint density at radius 2 is 1.06 bits per heavy atom. The van der Waals surface area contributed by atoms with Gasteiger partial charge in [0.2, 0.25) is 11.8 Å². The zero-order chi connectivity index (χ0) is 54.1. The second-order valence-electron chi connectivity index (χ2n) is 18.7. The van der Waals surface area contributed by atoms with Crippen LogP contribution in [0.3, 0.4) is 0 Å². The first-order valence-electron chi connectivity index (χ1n) is 26.4. The van der Waals surface area contributed by atoms with Crippen molar-refractivity contribution < 1.29 is 51.3 Å². The number of hydrogen-bond donors (Lipinski definition) is 1. The quantitative estimate of drug-likeness (QED) is 0.0604. The van der Waals surface area contributed by atoms with Crippen LogP contribution in [0.5, 0.6) is 23.0 Å². The molecule has 0 bridgehead atoms. The van der Waals surface area contributed by atoms with Crippen molar-refractivity contribution in [2.75, 3.05) is 82.9 Å². The van der Waals surface area contributed by atoms with E-state index in [0.29, 0.717) is 75.3 Å². The predicted molar refractivity (Wildman–Crippen MR) is 266 cm³/mol. The average molecular weight is 917 g/mol. The van der Waals surface area contributed by atoms with Crippen LogP contribution in [-0.4, -0.2) is 110 Å². The minimum Gasteiger partial charge on any atom is -0.493 e. The maximum absolute atomic E-state index is 12.5. The van der Waals surface area contributed by atoms with Crippen LogP contribution in [0.25, 0.3) is 0 Å². The second-order valence-corrected chi connectivity index (χ2v) is 18.7. The summed E-state index contributed by atoms with van der Waals surface area (Å²) >= 11 is 0. The topological polar surface area (TPSA) is 116 Å². The molecule has 65 heavy (non-hydrogen) atoms. The summed E-state index contributed by atoms with van der Waals surface area (Å²) in [7, 11) is 5.24. The zero-order valence-corrected chi connectivity index (χ0v) is 42.4. The number of rotatable bonds is 30. The molecule has 2 aromatic carbocycles. The summed E-state index contributed by atoms with van der Waals surface area (Å²) in [6.45, 7) is 18.6. The van der Waals surface area contributed by atoms with Crippen molar-refractivity contribution in [3.8, 4) is 23.0 Å². The lowest BCUT2D eigenvalue weighted by Gasteiger charge is -2.26. The summed E-state index contributed by atoms with van der Waals surface area (Å²) in [5.41, 5.74) is 1.70. The molecule has 0 fully saturated rings. The molecular weight excluding hydrogens is 821 g/mol. The van der Waals surface area contributed by atoms with E-state index in [2.05, 4.69) is 67.5 Å². The fourth-order valence-corrected chi connectivity index (χ4v) is 7.45. The van der Waals surface area contributed by atoms with Gasteiger partial charge in [0.15, 0.2) is 23.0 Å².